The van der Waals surface area contributed by atoms with Crippen LogP contribution in [0.4, 0.5) is 0 Å². The molecular formula is C21H18N2O3. The number of fused-ring (bicyclic) bond motifs is 3. The molecule has 1 aliphatic rings. The van der Waals surface area contributed by atoms with Crippen LogP contribution < -0.4 is 9.47 Å². The maximum Gasteiger partial charge on any atom is 0.186 e. The van der Waals surface area contributed by atoms with Crippen molar-refractivity contribution in [2.75, 3.05) is 14.2 Å². The van der Waals surface area contributed by atoms with Crippen molar-refractivity contribution in [1.29, 1.82) is 0 Å². The molecule has 1 N–H and O–H groups in total. The number of carbonyl (C=O) groups is 1. The number of aromatic amines is 1. The van der Waals surface area contributed by atoms with Gasteiger partial charge in [-0.15, -0.1) is 0 Å². The molecule has 0 spiro atoms. The number of ketones is 1. The maximum atomic E-state index is 12.5. The fourth-order valence-electron chi connectivity index (χ4n) is 3.26. The average Bonchev–Trinajstić information content (AvgIpc) is 3.24. The normalized spacial score (nSPS) is 12.1. The van der Waals surface area contributed by atoms with Crippen LogP contribution in [-0.2, 0) is 6.42 Å². The number of benzene rings is 2. The SMILES string of the molecule is COc1ccc(C(=O)/C=C/c2[nH]nc3c2Cc2ccccc2-3)cc1OC. The number of ether oxygens (including phenoxy) is 2. The molecular weight excluding hydrogens is 328 g/mol. The second kappa shape index (κ2) is 6.52. The van der Waals surface area contributed by atoms with Crippen LogP contribution in [0, 0.1) is 0 Å². The molecule has 5 heteroatoms. The van der Waals surface area contributed by atoms with Crippen LogP contribution in [0.15, 0.2) is 48.5 Å². The summed E-state index contributed by atoms with van der Waals surface area (Å²) in [5.74, 6) is 1.02. The van der Waals surface area contributed by atoms with Crippen molar-refractivity contribution < 1.29 is 14.3 Å². The van der Waals surface area contributed by atoms with Gasteiger partial charge in [-0.2, -0.15) is 5.10 Å². The number of allylic oxidation sites excluding steroid dienone is 1. The fourth-order valence-corrected chi connectivity index (χ4v) is 3.26. The molecule has 0 unspecified atom stereocenters. The summed E-state index contributed by atoms with van der Waals surface area (Å²) in [5, 5.41) is 7.45. The number of aromatic nitrogens is 2. The Labute approximate surface area is 151 Å². The predicted octanol–water partition coefficient (Wildman–Crippen LogP) is 3.89. The Bertz CT molecular complexity index is 1020. The van der Waals surface area contributed by atoms with E-state index in [2.05, 4.69) is 22.3 Å². The Morgan fingerprint density at radius 3 is 2.73 bits per heavy atom. The lowest BCUT2D eigenvalue weighted by molar-refractivity contribution is 0.104. The minimum atomic E-state index is -0.107. The second-order valence-electron chi connectivity index (χ2n) is 6.07. The van der Waals surface area contributed by atoms with Crippen LogP contribution in [0.3, 0.4) is 0 Å². The number of H-pyrrole nitrogens is 1. The largest absolute Gasteiger partial charge is 0.493 e. The minimum Gasteiger partial charge on any atom is -0.493 e. The zero-order valence-electron chi connectivity index (χ0n) is 14.6. The van der Waals surface area contributed by atoms with E-state index in [1.165, 1.54) is 5.56 Å². The van der Waals surface area contributed by atoms with Gasteiger partial charge in [-0.1, -0.05) is 24.3 Å². The van der Waals surface area contributed by atoms with E-state index in [4.69, 9.17) is 9.47 Å². The summed E-state index contributed by atoms with van der Waals surface area (Å²) in [4.78, 5) is 12.5. The summed E-state index contributed by atoms with van der Waals surface area (Å²) in [5.41, 5.74) is 5.93. The van der Waals surface area contributed by atoms with Gasteiger partial charge in [-0.25, -0.2) is 0 Å². The first kappa shape index (κ1) is 16.1. The topological polar surface area (TPSA) is 64.2 Å². The molecule has 130 valence electrons. The number of carbonyl (C=O) groups excluding carboxylic acids is 1. The summed E-state index contributed by atoms with van der Waals surface area (Å²) in [6.45, 7) is 0. The Morgan fingerprint density at radius 1 is 1.12 bits per heavy atom. The van der Waals surface area contributed by atoms with Gasteiger partial charge >= 0.3 is 0 Å². The summed E-state index contributed by atoms with van der Waals surface area (Å²) >= 11 is 0. The Morgan fingerprint density at radius 2 is 1.92 bits per heavy atom. The lowest BCUT2D eigenvalue weighted by Crippen LogP contribution is -1.97. The number of methoxy groups -OCH3 is 2. The third-order valence-electron chi connectivity index (χ3n) is 4.61. The van der Waals surface area contributed by atoms with Crippen LogP contribution in [0.1, 0.15) is 27.2 Å². The van der Waals surface area contributed by atoms with Gasteiger partial charge in [0.1, 0.15) is 0 Å². The molecule has 4 rings (SSSR count). The molecule has 0 fully saturated rings. The van der Waals surface area contributed by atoms with Crippen molar-refractivity contribution in [2.45, 2.75) is 6.42 Å². The van der Waals surface area contributed by atoms with E-state index in [0.717, 1.165) is 28.9 Å². The fraction of sp³-hybridized carbons (Fsp3) is 0.143. The Balaban J connectivity index is 1.58. The van der Waals surface area contributed by atoms with Crippen LogP contribution >= 0.6 is 0 Å². The van der Waals surface area contributed by atoms with E-state index in [-0.39, 0.29) is 5.78 Å². The van der Waals surface area contributed by atoms with E-state index in [1.807, 2.05) is 12.1 Å². The molecule has 2 aromatic carbocycles. The second-order valence-corrected chi connectivity index (χ2v) is 6.07. The van der Waals surface area contributed by atoms with E-state index >= 15 is 0 Å². The standard InChI is InChI=1S/C21H18N2O3/c1-25-19-10-7-14(12-20(19)26-2)18(24)9-8-17-16-11-13-5-3-4-6-15(13)21(16)23-22-17/h3-10,12H,11H2,1-2H3,(H,22,23)/b9-8+. The maximum absolute atomic E-state index is 12.5. The first-order valence-corrected chi connectivity index (χ1v) is 8.31. The van der Waals surface area contributed by atoms with Gasteiger partial charge in [0, 0.05) is 23.1 Å². The van der Waals surface area contributed by atoms with Crippen molar-refractivity contribution in [3.8, 4) is 22.8 Å². The quantitative estimate of drug-likeness (QED) is 0.440. The lowest BCUT2D eigenvalue weighted by Gasteiger charge is -2.07. The smallest absolute Gasteiger partial charge is 0.186 e. The molecule has 0 saturated heterocycles. The minimum absolute atomic E-state index is 0.107. The number of hydrogen-bond acceptors (Lipinski definition) is 4. The average molecular weight is 346 g/mol. The Kier molecular flexibility index (Phi) is 4.05. The third kappa shape index (κ3) is 2.67. The zero-order valence-corrected chi connectivity index (χ0v) is 14.6. The van der Waals surface area contributed by atoms with Gasteiger partial charge in [0.05, 0.1) is 25.6 Å². The molecule has 1 aliphatic carbocycles. The molecule has 0 radical (unpaired) electrons. The monoisotopic (exact) mass is 346 g/mol. The molecule has 0 saturated carbocycles. The zero-order chi connectivity index (χ0) is 18.1. The third-order valence-corrected chi connectivity index (χ3v) is 4.61. The van der Waals surface area contributed by atoms with Crippen LogP contribution in [-0.4, -0.2) is 30.2 Å². The summed E-state index contributed by atoms with van der Waals surface area (Å²) in [6.07, 6.45) is 4.17. The van der Waals surface area contributed by atoms with Crippen LogP contribution in [0.2, 0.25) is 0 Å². The highest BCUT2D eigenvalue weighted by atomic mass is 16.5. The number of nitrogens with one attached hydrogen (secondary N) is 1. The molecule has 1 aromatic heterocycles. The van der Waals surface area contributed by atoms with Gasteiger partial charge in [-0.05, 0) is 35.9 Å². The molecule has 3 aromatic rings. The van der Waals surface area contributed by atoms with Gasteiger partial charge in [0.2, 0.25) is 0 Å². The molecule has 0 bridgehead atoms. The molecule has 1 heterocycles. The van der Waals surface area contributed by atoms with Crippen LogP contribution in [0.25, 0.3) is 17.3 Å². The van der Waals surface area contributed by atoms with E-state index in [0.29, 0.717) is 17.1 Å². The van der Waals surface area contributed by atoms with Crippen molar-refractivity contribution in [3.63, 3.8) is 0 Å². The summed E-state index contributed by atoms with van der Waals surface area (Å²) in [7, 11) is 3.11. The number of hydrogen-bond donors (Lipinski definition) is 1. The lowest BCUT2D eigenvalue weighted by atomic mass is 10.1. The highest BCUT2D eigenvalue weighted by molar-refractivity contribution is 6.07. The van der Waals surface area contributed by atoms with E-state index in [9.17, 15) is 4.79 Å². The summed E-state index contributed by atoms with van der Waals surface area (Å²) in [6, 6.07) is 13.4. The van der Waals surface area contributed by atoms with Gasteiger partial charge in [0.15, 0.2) is 17.3 Å². The van der Waals surface area contributed by atoms with Crippen molar-refractivity contribution >= 4 is 11.9 Å². The molecule has 5 nitrogen and oxygen atoms in total. The van der Waals surface area contributed by atoms with Crippen molar-refractivity contribution in [3.05, 3.63) is 70.9 Å². The predicted molar refractivity (Wildman–Crippen MR) is 99.7 cm³/mol. The first-order chi connectivity index (χ1) is 12.7. The van der Waals surface area contributed by atoms with Gasteiger partial charge in [-0.3, -0.25) is 9.89 Å². The highest BCUT2D eigenvalue weighted by Gasteiger charge is 2.23. The van der Waals surface area contributed by atoms with Crippen molar-refractivity contribution in [1.82, 2.24) is 10.2 Å². The van der Waals surface area contributed by atoms with Crippen LogP contribution in [0.5, 0.6) is 11.5 Å². The molecule has 26 heavy (non-hydrogen) atoms. The summed E-state index contributed by atoms with van der Waals surface area (Å²) < 4.78 is 10.5. The molecule has 0 amide bonds. The van der Waals surface area contributed by atoms with Gasteiger partial charge in [0.25, 0.3) is 0 Å². The molecule has 0 aliphatic heterocycles. The highest BCUT2D eigenvalue weighted by Crippen LogP contribution is 2.36. The first-order valence-electron chi connectivity index (χ1n) is 8.31. The van der Waals surface area contributed by atoms with E-state index in [1.54, 1.807) is 44.6 Å². The number of rotatable bonds is 5. The number of nitrogens with zero attached hydrogens (tertiary/aromatic N) is 1. The molecule has 0 atom stereocenters. The Hall–Kier alpha value is -3.34. The van der Waals surface area contributed by atoms with Crippen molar-refractivity contribution in [2.24, 2.45) is 0 Å². The van der Waals surface area contributed by atoms with Gasteiger partial charge < -0.3 is 9.47 Å². The van der Waals surface area contributed by atoms with E-state index < -0.39 is 0 Å².